The van der Waals surface area contributed by atoms with Crippen LogP contribution in [0.3, 0.4) is 0 Å². The largest absolute Gasteiger partial charge is 0.286 e. The van der Waals surface area contributed by atoms with Gasteiger partial charge >= 0.3 is 0 Å². The van der Waals surface area contributed by atoms with Crippen LogP contribution in [0.4, 0.5) is 0 Å². The zero-order valence-corrected chi connectivity index (χ0v) is 16.7. The third-order valence-corrected chi connectivity index (χ3v) is 5.51. The second-order valence-electron chi connectivity index (χ2n) is 6.48. The van der Waals surface area contributed by atoms with Gasteiger partial charge < -0.3 is 0 Å². The molecule has 0 saturated heterocycles. The van der Waals surface area contributed by atoms with E-state index in [2.05, 4.69) is 26.2 Å². The highest BCUT2D eigenvalue weighted by atomic mass is 32.2. The van der Waals surface area contributed by atoms with Crippen molar-refractivity contribution < 1.29 is 9.00 Å². The second-order valence-corrected chi connectivity index (χ2v) is 8.74. The molecule has 1 aromatic carbocycles. The molecule has 0 spiro atoms. The predicted molar refractivity (Wildman–Crippen MR) is 109 cm³/mol. The zero-order chi connectivity index (χ0) is 20.1. The van der Waals surface area contributed by atoms with E-state index in [1.165, 1.54) is 12.5 Å². The maximum absolute atomic E-state index is 13.0. The maximum atomic E-state index is 13.0. The summed E-state index contributed by atoms with van der Waals surface area (Å²) in [5, 5.41) is 0. The molecule has 0 aliphatic heterocycles. The van der Waals surface area contributed by atoms with E-state index in [9.17, 15) is 9.00 Å². The number of benzene rings is 1. The molecule has 0 fully saturated rings. The van der Waals surface area contributed by atoms with Gasteiger partial charge in [0.1, 0.15) is 0 Å². The summed E-state index contributed by atoms with van der Waals surface area (Å²) in [6, 6.07) is 10.8. The Hall–Kier alpha value is -3.30. The number of carbonyl (C=O) groups is 1. The average Bonchev–Trinajstić information content (AvgIpc) is 2.66. The van der Waals surface area contributed by atoms with Gasteiger partial charge in [-0.3, -0.25) is 14.8 Å². The molecule has 28 heavy (non-hydrogen) atoms. The molecule has 3 aromatic rings. The van der Waals surface area contributed by atoms with Gasteiger partial charge in [-0.05, 0) is 55.3 Å². The van der Waals surface area contributed by atoms with Crippen LogP contribution in [0.25, 0.3) is 0 Å². The second kappa shape index (κ2) is 8.15. The summed E-state index contributed by atoms with van der Waals surface area (Å²) in [5.41, 5.74) is 3.52. The van der Waals surface area contributed by atoms with Crippen LogP contribution in [0.2, 0.25) is 0 Å². The molecular weight excluding hydrogens is 370 g/mol. The first-order valence-corrected chi connectivity index (χ1v) is 10.5. The van der Waals surface area contributed by atoms with E-state index in [-0.39, 0.29) is 5.56 Å². The number of rotatable bonds is 2. The van der Waals surface area contributed by atoms with Crippen LogP contribution >= 0.6 is 0 Å². The van der Waals surface area contributed by atoms with Crippen molar-refractivity contribution in [2.75, 3.05) is 6.26 Å². The van der Waals surface area contributed by atoms with Crippen LogP contribution in [0.5, 0.6) is 0 Å². The molecule has 0 saturated carbocycles. The molecule has 3 rings (SSSR count). The normalized spacial score (nSPS) is 12.4. The van der Waals surface area contributed by atoms with E-state index in [1.54, 1.807) is 42.9 Å². The Morgan fingerprint density at radius 1 is 0.964 bits per heavy atom. The van der Waals surface area contributed by atoms with E-state index in [0.717, 1.165) is 16.7 Å². The van der Waals surface area contributed by atoms with Crippen molar-refractivity contribution in [3.05, 3.63) is 89.0 Å². The van der Waals surface area contributed by atoms with E-state index in [0.29, 0.717) is 10.5 Å². The first kappa shape index (κ1) is 19.5. The summed E-state index contributed by atoms with van der Waals surface area (Å²) in [7, 11) is -2.87. The lowest BCUT2D eigenvalue weighted by Gasteiger charge is -2.07. The van der Waals surface area contributed by atoms with Gasteiger partial charge in [-0.15, -0.1) is 0 Å². The third-order valence-electron chi connectivity index (χ3n) is 3.89. The predicted octanol–water partition coefficient (Wildman–Crippen LogP) is 3.79. The van der Waals surface area contributed by atoms with Gasteiger partial charge in [-0.1, -0.05) is 17.9 Å². The Kier molecular flexibility index (Phi) is 5.67. The minimum atomic E-state index is -2.87. The van der Waals surface area contributed by atoms with Crippen LogP contribution in [-0.4, -0.2) is 26.3 Å². The lowest BCUT2D eigenvalue weighted by molar-refractivity contribution is 0.100. The SMILES string of the molecule is Cc1cc(C)cc(S(C)(=O)=NC(=O)c2cncc(C#Cc3cccnc3)c2)c1. The van der Waals surface area contributed by atoms with Gasteiger partial charge in [-0.2, -0.15) is 4.36 Å². The fraction of sp³-hybridized carbons (Fsp3) is 0.136. The molecule has 0 aliphatic rings. The molecule has 0 N–H and O–H groups in total. The van der Waals surface area contributed by atoms with E-state index in [4.69, 9.17) is 0 Å². The highest BCUT2D eigenvalue weighted by Gasteiger charge is 2.13. The summed E-state index contributed by atoms with van der Waals surface area (Å²) in [4.78, 5) is 21.2. The summed E-state index contributed by atoms with van der Waals surface area (Å²) in [6.07, 6.45) is 7.76. The van der Waals surface area contributed by atoms with Gasteiger partial charge in [0.05, 0.1) is 15.3 Å². The van der Waals surface area contributed by atoms with Crippen molar-refractivity contribution >= 4 is 15.6 Å². The fourth-order valence-corrected chi connectivity index (χ4v) is 3.96. The lowest BCUT2D eigenvalue weighted by Crippen LogP contribution is -2.05. The number of hydrogen-bond donors (Lipinski definition) is 0. The molecule has 6 heteroatoms. The maximum Gasteiger partial charge on any atom is 0.286 e. The van der Waals surface area contributed by atoms with Crippen molar-refractivity contribution in [2.24, 2.45) is 4.36 Å². The Labute approximate surface area is 165 Å². The van der Waals surface area contributed by atoms with Gasteiger partial charge in [0.15, 0.2) is 0 Å². The zero-order valence-electron chi connectivity index (χ0n) is 15.8. The number of aromatic nitrogens is 2. The van der Waals surface area contributed by atoms with Crippen molar-refractivity contribution in [1.29, 1.82) is 0 Å². The number of nitrogens with zero attached hydrogens (tertiary/aromatic N) is 3. The number of carbonyl (C=O) groups excluding carboxylic acids is 1. The van der Waals surface area contributed by atoms with Gasteiger partial charge in [0.2, 0.25) is 0 Å². The summed E-state index contributed by atoms with van der Waals surface area (Å²) >= 11 is 0. The molecule has 1 unspecified atom stereocenters. The van der Waals surface area contributed by atoms with E-state index in [1.807, 2.05) is 26.0 Å². The van der Waals surface area contributed by atoms with Gasteiger partial charge in [-0.25, -0.2) is 4.21 Å². The molecule has 140 valence electrons. The first-order valence-electron chi connectivity index (χ1n) is 8.55. The molecule has 0 aliphatic carbocycles. The third kappa shape index (κ3) is 4.90. The standard InChI is InChI=1S/C22H19N3O2S/c1-16-9-17(2)11-21(10-16)28(3,27)25-22(26)20-12-19(14-24-15-20)7-6-18-5-4-8-23-13-18/h4-5,8-15H,1-3H3. The van der Waals surface area contributed by atoms with Crippen molar-refractivity contribution in [3.8, 4) is 11.8 Å². The van der Waals surface area contributed by atoms with E-state index >= 15 is 0 Å². The number of aryl methyl sites for hydroxylation is 2. The van der Waals surface area contributed by atoms with Crippen LogP contribution in [0.1, 0.15) is 32.6 Å². The molecule has 2 aromatic heterocycles. The average molecular weight is 389 g/mol. The first-order chi connectivity index (χ1) is 13.3. The quantitative estimate of drug-likeness (QED) is 0.625. The van der Waals surface area contributed by atoms with Crippen molar-refractivity contribution in [3.63, 3.8) is 0 Å². The van der Waals surface area contributed by atoms with Crippen LogP contribution in [0, 0.1) is 25.7 Å². The molecule has 0 radical (unpaired) electrons. The van der Waals surface area contributed by atoms with Crippen molar-refractivity contribution in [2.45, 2.75) is 18.7 Å². The monoisotopic (exact) mass is 389 g/mol. The molecule has 2 heterocycles. The van der Waals surface area contributed by atoms with Crippen LogP contribution in [0.15, 0.2) is 70.4 Å². The molecular formula is C22H19N3O2S. The molecule has 5 nitrogen and oxygen atoms in total. The Morgan fingerprint density at radius 2 is 1.64 bits per heavy atom. The fourth-order valence-electron chi connectivity index (χ4n) is 2.62. The van der Waals surface area contributed by atoms with Gasteiger partial charge in [0, 0.05) is 47.1 Å². The van der Waals surface area contributed by atoms with Crippen molar-refractivity contribution in [1.82, 2.24) is 9.97 Å². The summed E-state index contributed by atoms with van der Waals surface area (Å²) in [5.74, 6) is 5.33. The highest BCUT2D eigenvalue weighted by Crippen LogP contribution is 2.17. The lowest BCUT2D eigenvalue weighted by atomic mass is 10.2. The Morgan fingerprint density at radius 3 is 2.32 bits per heavy atom. The molecule has 0 bridgehead atoms. The minimum Gasteiger partial charge on any atom is -0.266 e. The van der Waals surface area contributed by atoms with E-state index < -0.39 is 15.6 Å². The topological polar surface area (TPSA) is 72.3 Å². The number of pyridine rings is 2. The Bertz CT molecular complexity index is 1200. The Balaban J connectivity index is 1.91. The molecule has 1 amide bonds. The summed E-state index contributed by atoms with van der Waals surface area (Å²) < 4.78 is 17.0. The highest BCUT2D eigenvalue weighted by molar-refractivity contribution is 7.93. The minimum absolute atomic E-state index is 0.247. The van der Waals surface area contributed by atoms with Gasteiger partial charge in [0.25, 0.3) is 5.91 Å². The molecule has 1 atom stereocenters. The smallest absolute Gasteiger partial charge is 0.266 e. The number of hydrogen-bond acceptors (Lipinski definition) is 4. The van der Waals surface area contributed by atoms with Crippen LogP contribution in [-0.2, 0) is 9.73 Å². The summed E-state index contributed by atoms with van der Waals surface area (Å²) in [6.45, 7) is 3.84. The van der Waals surface area contributed by atoms with Crippen LogP contribution < -0.4 is 0 Å². The number of amides is 1.